The molecular formula is C15H17FN2O2S. The monoisotopic (exact) mass is 308 g/mol. The van der Waals surface area contributed by atoms with E-state index in [0.717, 1.165) is 12.8 Å². The quantitative estimate of drug-likeness (QED) is 0.808. The Bertz CT molecular complexity index is 581. The number of carbonyl (C=O) groups excluding carboxylic acids is 1. The van der Waals surface area contributed by atoms with Crippen LogP contribution in [0, 0.1) is 5.82 Å². The average Bonchev–Trinajstić information content (AvgIpc) is 2.86. The Morgan fingerprint density at radius 1 is 1.57 bits per heavy atom. The molecule has 1 fully saturated rings. The number of ether oxygens (including phenoxy) is 1. The SMILES string of the molecule is CC1CC2(C=CSN2)CCN1C(=O)Oc1cccc(F)c1. The highest BCUT2D eigenvalue weighted by atomic mass is 32.2. The van der Waals surface area contributed by atoms with E-state index in [1.807, 2.05) is 12.3 Å². The van der Waals surface area contributed by atoms with E-state index in [-0.39, 0.29) is 17.3 Å². The van der Waals surface area contributed by atoms with Crippen LogP contribution in [0.3, 0.4) is 0 Å². The van der Waals surface area contributed by atoms with Crippen LogP contribution in [0.2, 0.25) is 0 Å². The predicted molar refractivity (Wildman–Crippen MR) is 80.4 cm³/mol. The molecule has 1 spiro atoms. The maximum atomic E-state index is 13.1. The third kappa shape index (κ3) is 3.06. The molecule has 1 aromatic rings. The molecule has 2 aliphatic heterocycles. The Hall–Kier alpha value is -1.53. The van der Waals surface area contributed by atoms with E-state index in [1.54, 1.807) is 22.9 Å². The summed E-state index contributed by atoms with van der Waals surface area (Å²) in [6.07, 6.45) is 3.44. The molecule has 6 heteroatoms. The van der Waals surface area contributed by atoms with Crippen LogP contribution in [0.15, 0.2) is 35.7 Å². The van der Waals surface area contributed by atoms with Gasteiger partial charge in [-0.25, -0.2) is 9.18 Å². The minimum atomic E-state index is -0.419. The number of nitrogens with zero attached hydrogens (tertiary/aromatic N) is 1. The minimum absolute atomic E-state index is 0.0142. The first-order valence-electron chi connectivity index (χ1n) is 6.93. The van der Waals surface area contributed by atoms with Crippen LogP contribution < -0.4 is 9.46 Å². The van der Waals surface area contributed by atoms with Gasteiger partial charge in [-0.1, -0.05) is 24.1 Å². The highest BCUT2D eigenvalue weighted by molar-refractivity contribution is 8.00. The number of hydrogen-bond donors (Lipinski definition) is 1. The smallest absolute Gasteiger partial charge is 0.410 e. The Balaban J connectivity index is 1.64. The molecule has 2 aliphatic rings. The first-order valence-corrected chi connectivity index (χ1v) is 7.80. The normalized spacial score (nSPS) is 28.1. The van der Waals surface area contributed by atoms with Crippen molar-refractivity contribution in [2.24, 2.45) is 0 Å². The number of hydrogen-bond acceptors (Lipinski definition) is 4. The summed E-state index contributed by atoms with van der Waals surface area (Å²) in [4.78, 5) is 13.9. The molecule has 2 atom stereocenters. The molecule has 1 amide bonds. The Morgan fingerprint density at radius 2 is 2.43 bits per heavy atom. The first-order chi connectivity index (χ1) is 10.1. The van der Waals surface area contributed by atoms with Gasteiger partial charge in [0, 0.05) is 18.7 Å². The van der Waals surface area contributed by atoms with Crippen LogP contribution >= 0.6 is 11.9 Å². The van der Waals surface area contributed by atoms with Crippen molar-refractivity contribution in [1.29, 1.82) is 0 Å². The first kappa shape index (κ1) is 14.4. The number of carbonyl (C=O) groups is 1. The number of rotatable bonds is 1. The maximum absolute atomic E-state index is 13.1. The largest absolute Gasteiger partial charge is 0.415 e. The number of likely N-dealkylation sites (tertiary alicyclic amines) is 1. The number of halogens is 1. The second-order valence-electron chi connectivity index (χ2n) is 5.50. The Labute approximate surface area is 127 Å². The van der Waals surface area contributed by atoms with Crippen LogP contribution in [-0.2, 0) is 0 Å². The highest BCUT2D eigenvalue weighted by Crippen LogP contribution is 2.34. The van der Waals surface area contributed by atoms with E-state index in [2.05, 4.69) is 10.8 Å². The van der Waals surface area contributed by atoms with Gasteiger partial charge in [-0.3, -0.25) is 4.72 Å². The van der Waals surface area contributed by atoms with E-state index in [0.29, 0.717) is 6.54 Å². The molecule has 3 rings (SSSR count). The minimum Gasteiger partial charge on any atom is -0.410 e. The van der Waals surface area contributed by atoms with Crippen LogP contribution in [0.25, 0.3) is 0 Å². The molecule has 0 radical (unpaired) electrons. The third-order valence-electron chi connectivity index (χ3n) is 3.94. The van der Waals surface area contributed by atoms with E-state index in [1.165, 1.54) is 18.2 Å². The molecule has 0 aromatic heterocycles. The molecule has 1 N–H and O–H groups in total. The summed E-state index contributed by atoms with van der Waals surface area (Å²) < 4.78 is 21.8. The van der Waals surface area contributed by atoms with Gasteiger partial charge in [-0.2, -0.15) is 0 Å². The summed E-state index contributed by atoms with van der Waals surface area (Å²) in [5, 5.41) is 2.05. The van der Waals surface area contributed by atoms with Gasteiger partial charge in [0.05, 0.1) is 5.54 Å². The Kier molecular flexibility index (Phi) is 3.91. The molecule has 1 aromatic carbocycles. The van der Waals surface area contributed by atoms with Gasteiger partial charge in [-0.05, 0) is 37.3 Å². The van der Waals surface area contributed by atoms with Crippen LogP contribution in [0.1, 0.15) is 19.8 Å². The summed E-state index contributed by atoms with van der Waals surface area (Å²) in [6.45, 7) is 2.62. The van der Waals surface area contributed by atoms with E-state index in [4.69, 9.17) is 4.74 Å². The van der Waals surface area contributed by atoms with Crippen molar-refractivity contribution in [1.82, 2.24) is 9.62 Å². The van der Waals surface area contributed by atoms with Gasteiger partial charge in [0.25, 0.3) is 0 Å². The predicted octanol–water partition coefficient (Wildman–Crippen LogP) is 3.31. The molecule has 2 unspecified atom stereocenters. The fraction of sp³-hybridized carbons (Fsp3) is 0.400. The molecule has 0 saturated carbocycles. The number of nitrogens with one attached hydrogen (secondary N) is 1. The second-order valence-corrected chi connectivity index (χ2v) is 6.21. The average molecular weight is 308 g/mol. The number of benzene rings is 1. The van der Waals surface area contributed by atoms with Gasteiger partial charge in [0.15, 0.2) is 0 Å². The van der Waals surface area contributed by atoms with Crippen LogP contribution in [0.5, 0.6) is 5.75 Å². The van der Waals surface area contributed by atoms with Crippen molar-refractivity contribution < 1.29 is 13.9 Å². The fourth-order valence-corrected chi connectivity index (χ4v) is 3.72. The van der Waals surface area contributed by atoms with Crippen LogP contribution in [0.4, 0.5) is 9.18 Å². The highest BCUT2D eigenvalue weighted by Gasteiger charge is 2.40. The maximum Gasteiger partial charge on any atom is 0.415 e. The zero-order valence-electron chi connectivity index (χ0n) is 11.7. The lowest BCUT2D eigenvalue weighted by molar-refractivity contribution is 0.100. The fourth-order valence-electron chi connectivity index (χ4n) is 2.83. The van der Waals surface area contributed by atoms with Gasteiger partial charge in [0.2, 0.25) is 0 Å². The number of amides is 1. The molecule has 112 valence electrons. The van der Waals surface area contributed by atoms with E-state index < -0.39 is 11.9 Å². The molecule has 4 nitrogen and oxygen atoms in total. The zero-order valence-corrected chi connectivity index (χ0v) is 12.5. The van der Waals surface area contributed by atoms with Gasteiger partial charge < -0.3 is 9.64 Å². The standard InChI is InChI=1S/C15H17FN2O2S/c1-11-10-15(6-8-21-17-15)5-7-18(11)14(19)20-13-4-2-3-12(16)9-13/h2-4,6,8-9,11,17H,5,7,10H2,1H3. The van der Waals surface area contributed by atoms with E-state index in [9.17, 15) is 9.18 Å². The van der Waals surface area contributed by atoms with Crippen molar-refractivity contribution in [2.75, 3.05) is 6.54 Å². The van der Waals surface area contributed by atoms with Crippen molar-refractivity contribution in [3.05, 3.63) is 41.6 Å². The summed E-state index contributed by atoms with van der Waals surface area (Å²) >= 11 is 1.59. The molecule has 21 heavy (non-hydrogen) atoms. The third-order valence-corrected chi connectivity index (χ3v) is 4.74. The summed E-state index contributed by atoms with van der Waals surface area (Å²) in [6, 6.07) is 5.70. The van der Waals surface area contributed by atoms with Crippen molar-refractivity contribution in [3.8, 4) is 5.75 Å². The second kappa shape index (κ2) is 5.69. The molecule has 0 aliphatic carbocycles. The van der Waals surface area contributed by atoms with Gasteiger partial charge in [-0.15, -0.1) is 0 Å². The van der Waals surface area contributed by atoms with E-state index >= 15 is 0 Å². The lowest BCUT2D eigenvalue weighted by Crippen LogP contribution is -2.54. The lowest BCUT2D eigenvalue weighted by Gasteiger charge is -2.42. The van der Waals surface area contributed by atoms with Crippen molar-refractivity contribution >= 4 is 18.0 Å². The van der Waals surface area contributed by atoms with Crippen LogP contribution in [-0.4, -0.2) is 29.1 Å². The topological polar surface area (TPSA) is 41.6 Å². The summed E-state index contributed by atoms with van der Waals surface area (Å²) in [5.74, 6) is -0.176. The number of piperidine rings is 1. The summed E-state index contributed by atoms with van der Waals surface area (Å²) in [5.41, 5.74) is -0.0142. The zero-order chi connectivity index (χ0) is 14.9. The molecule has 0 bridgehead atoms. The van der Waals surface area contributed by atoms with Gasteiger partial charge in [0.1, 0.15) is 11.6 Å². The van der Waals surface area contributed by atoms with Crippen molar-refractivity contribution in [3.63, 3.8) is 0 Å². The lowest BCUT2D eigenvalue weighted by atomic mass is 9.85. The molecule has 1 saturated heterocycles. The summed E-state index contributed by atoms with van der Waals surface area (Å²) in [7, 11) is 0. The molecular weight excluding hydrogens is 291 g/mol. The van der Waals surface area contributed by atoms with Gasteiger partial charge >= 0.3 is 6.09 Å². The van der Waals surface area contributed by atoms with Crippen molar-refractivity contribution in [2.45, 2.75) is 31.3 Å². The molecule has 2 heterocycles. The Morgan fingerprint density at radius 3 is 3.10 bits per heavy atom.